The highest BCUT2D eigenvalue weighted by molar-refractivity contribution is 7.14. The number of primary amides is 1. The number of benzene rings is 1. The second-order valence-corrected chi connectivity index (χ2v) is 5.74. The average molecular weight is 318 g/mol. The van der Waals surface area contributed by atoms with E-state index in [1.807, 2.05) is 6.07 Å². The Morgan fingerprint density at radius 1 is 1.18 bits per heavy atom. The molecule has 2 atom stereocenters. The summed E-state index contributed by atoms with van der Waals surface area (Å²) >= 11 is 1.23. The molecule has 1 aliphatic heterocycles. The van der Waals surface area contributed by atoms with Crippen LogP contribution in [-0.2, 0) is 4.79 Å². The highest BCUT2D eigenvalue weighted by Gasteiger charge is 2.34. The summed E-state index contributed by atoms with van der Waals surface area (Å²) in [5.74, 6) is 0.151. The van der Waals surface area contributed by atoms with Gasteiger partial charge in [-0.1, -0.05) is 12.1 Å². The molecule has 3 N–H and O–H groups in total. The van der Waals surface area contributed by atoms with Crippen LogP contribution in [0.5, 0.6) is 11.5 Å². The predicted molar refractivity (Wildman–Crippen MR) is 82.4 cm³/mol. The summed E-state index contributed by atoms with van der Waals surface area (Å²) in [6.45, 7) is 1.75. The first-order chi connectivity index (χ1) is 10.6. The molecule has 0 unspecified atom stereocenters. The van der Waals surface area contributed by atoms with E-state index in [0.717, 1.165) is 0 Å². The molecule has 1 aromatic carbocycles. The first-order valence-corrected chi connectivity index (χ1v) is 7.54. The minimum absolute atomic E-state index is 0.281. The number of hydrogen-bond acceptors (Lipinski definition) is 5. The number of carbonyl (C=O) groups is 2. The van der Waals surface area contributed by atoms with Crippen molar-refractivity contribution in [3.8, 4) is 11.5 Å². The zero-order valence-electron chi connectivity index (χ0n) is 11.7. The Morgan fingerprint density at radius 2 is 1.86 bits per heavy atom. The van der Waals surface area contributed by atoms with Gasteiger partial charge in [0.2, 0.25) is 6.10 Å². The van der Waals surface area contributed by atoms with Crippen molar-refractivity contribution in [1.29, 1.82) is 0 Å². The Labute approximate surface area is 130 Å². The summed E-state index contributed by atoms with van der Waals surface area (Å²) in [5, 5.41) is 4.77. The number of amides is 2. The molecule has 114 valence electrons. The average Bonchev–Trinajstić information content (AvgIpc) is 2.94. The molecule has 0 saturated carbocycles. The van der Waals surface area contributed by atoms with Gasteiger partial charge in [-0.25, -0.2) is 0 Å². The first kappa shape index (κ1) is 14.4. The molecule has 3 rings (SSSR count). The van der Waals surface area contributed by atoms with E-state index < -0.39 is 18.1 Å². The number of ether oxygens (including phenoxy) is 2. The lowest BCUT2D eigenvalue weighted by Gasteiger charge is -2.30. The predicted octanol–water partition coefficient (Wildman–Crippen LogP) is 2.01. The van der Waals surface area contributed by atoms with Crippen molar-refractivity contribution in [2.45, 2.75) is 19.1 Å². The molecule has 7 heteroatoms. The lowest BCUT2D eigenvalue weighted by molar-refractivity contribution is -0.127. The number of anilines is 1. The molecular formula is C15H14N2O4S. The molecular weight excluding hydrogens is 304 g/mol. The normalized spacial score (nSPS) is 19.5. The third kappa shape index (κ3) is 2.62. The number of carbonyl (C=O) groups excluding carboxylic acids is 2. The lowest BCUT2D eigenvalue weighted by Crippen LogP contribution is -2.46. The molecule has 0 fully saturated rings. The highest BCUT2D eigenvalue weighted by Crippen LogP contribution is 2.34. The standard InChI is InChI=1S/C15H14N2O4S/c1-8-12(21-11-5-3-2-4-10(11)20-8)14(19)17-15-9(13(16)18)6-7-22-15/h2-8,12H,1H3,(H2,16,18)(H,17,19)/t8-,12-/m1/s1. The largest absolute Gasteiger partial charge is 0.482 e. The molecule has 22 heavy (non-hydrogen) atoms. The van der Waals surface area contributed by atoms with Crippen LogP contribution in [0.4, 0.5) is 5.00 Å². The van der Waals surface area contributed by atoms with E-state index in [4.69, 9.17) is 15.2 Å². The van der Waals surface area contributed by atoms with Crippen molar-refractivity contribution in [2.24, 2.45) is 5.73 Å². The summed E-state index contributed by atoms with van der Waals surface area (Å²) in [4.78, 5) is 23.7. The quantitative estimate of drug-likeness (QED) is 0.906. The van der Waals surface area contributed by atoms with Crippen molar-refractivity contribution >= 4 is 28.2 Å². The van der Waals surface area contributed by atoms with E-state index in [0.29, 0.717) is 16.5 Å². The van der Waals surface area contributed by atoms with Gasteiger partial charge in [0.05, 0.1) is 5.56 Å². The van der Waals surface area contributed by atoms with Gasteiger partial charge in [-0.15, -0.1) is 11.3 Å². The summed E-state index contributed by atoms with van der Waals surface area (Å²) in [5.41, 5.74) is 5.54. The van der Waals surface area contributed by atoms with Crippen molar-refractivity contribution in [3.05, 3.63) is 41.3 Å². The molecule has 0 aliphatic carbocycles. The second kappa shape index (κ2) is 5.69. The van der Waals surface area contributed by atoms with Crippen LogP contribution in [0.15, 0.2) is 35.7 Å². The lowest BCUT2D eigenvalue weighted by atomic mass is 10.1. The minimum atomic E-state index is -0.808. The summed E-state index contributed by atoms with van der Waals surface area (Å²) < 4.78 is 11.4. The summed E-state index contributed by atoms with van der Waals surface area (Å²) in [6.07, 6.45) is -1.26. The molecule has 1 aliphatic rings. The Balaban J connectivity index is 1.78. The highest BCUT2D eigenvalue weighted by atomic mass is 32.1. The number of nitrogens with one attached hydrogen (secondary N) is 1. The van der Waals surface area contributed by atoms with Gasteiger partial charge in [-0.2, -0.15) is 0 Å². The van der Waals surface area contributed by atoms with Gasteiger partial charge in [-0.05, 0) is 30.5 Å². The molecule has 2 heterocycles. The van der Waals surface area contributed by atoms with E-state index in [1.165, 1.54) is 11.3 Å². The Morgan fingerprint density at radius 3 is 2.55 bits per heavy atom. The molecule has 0 radical (unpaired) electrons. The third-order valence-electron chi connectivity index (χ3n) is 3.27. The number of nitrogens with two attached hydrogens (primary N) is 1. The maximum absolute atomic E-state index is 12.4. The summed E-state index contributed by atoms with van der Waals surface area (Å²) in [7, 11) is 0. The number of fused-ring (bicyclic) bond motifs is 1. The van der Waals surface area contributed by atoms with E-state index in [-0.39, 0.29) is 11.5 Å². The van der Waals surface area contributed by atoms with Gasteiger partial charge >= 0.3 is 0 Å². The molecule has 2 aromatic rings. The van der Waals surface area contributed by atoms with Crippen molar-refractivity contribution in [2.75, 3.05) is 5.32 Å². The van der Waals surface area contributed by atoms with Crippen molar-refractivity contribution in [1.82, 2.24) is 0 Å². The van der Waals surface area contributed by atoms with Crippen LogP contribution in [0.1, 0.15) is 17.3 Å². The van der Waals surface area contributed by atoms with E-state index in [9.17, 15) is 9.59 Å². The smallest absolute Gasteiger partial charge is 0.269 e. The minimum Gasteiger partial charge on any atom is -0.482 e. The number of hydrogen-bond donors (Lipinski definition) is 2. The van der Waals surface area contributed by atoms with Gasteiger partial charge in [0.25, 0.3) is 11.8 Å². The molecule has 6 nitrogen and oxygen atoms in total. The van der Waals surface area contributed by atoms with Crippen LogP contribution in [0.25, 0.3) is 0 Å². The fraction of sp³-hybridized carbons (Fsp3) is 0.200. The first-order valence-electron chi connectivity index (χ1n) is 6.67. The fourth-order valence-corrected chi connectivity index (χ4v) is 2.98. The fourth-order valence-electron chi connectivity index (χ4n) is 2.19. The van der Waals surface area contributed by atoms with Crippen LogP contribution >= 0.6 is 11.3 Å². The van der Waals surface area contributed by atoms with Crippen LogP contribution in [0, 0.1) is 0 Å². The molecule has 0 spiro atoms. The number of rotatable bonds is 3. The van der Waals surface area contributed by atoms with Crippen LogP contribution in [-0.4, -0.2) is 24.0 Å². The van der Waals surface area contributed by atoms with Gasteiger partial charge in [0.15, 0.2) is 11.5 Å². The number of thiophene rings is 1. The van der Waals surface area contributed by atoms with E-state index in [2.05, 4.69) is 5.32 Å². The van der Waals surface area contributed by atoms with Gasteiger partial charge in [-0.3, -0.25) is 9.59 Å². The zero-order chi connectivity index (χ0) is 15.7. The van der Waals surface area contributed by atoms with Crippen molar-refractivity contribution < 1.29 is 19.1 Å². The van der Waals surface area contributed by atoms with Crippen LogP contribution in [0.3, 0.4) is 0 Å². The Hall–Kier alpha value is -2.54. The SMILES string of the molecule is C[C@H]1Oc2ccccc2O[C@H]1C(=O)Nc1sccc1C(N)=O. The van der Waals surface area contributed by atoms with E-state index >= 15 is 0 Å². The van der Waals surface area contributed by atoms with Gasteiger partial charge in [0, 0.05) is 0 Å². The Kier molecular flexibility index (Phi) is 3.72. The zero-order valence-corrected chi connectivity index (χ0v) is 12.6. The topological polar surface area (TPSA) is 90.7 Å². The van der Waals surface area contributed by atoms with Gasteiger partial charge in [0.1, 0.15) is 11.1 Å². The molecule has 2 amide bonds. The molecule has 0 saturated heterocycles. The number of para-hydroxylation sites is 2. The maximum Gasteiger partial charge on any atom is 0.269 e. The molecule has 0 bridgehead atoms. The second-order valence-electron chi connectivity index (χ2n) is 4.83. The monoisotopic (exact) mass is 318 g/mol. The van der Waals surface area contributed by atoms with Crippen LogP contribution < -0.4 is 20.5 Å². The van der Waals surface area contributed by atoms with Crippen molar-refractivity contribution in [3.63, 3.8) is 0 Å². The molecule has 1 aromatic heterocycles. The van der Waals surface area contributed by atoms with Gasteiger partial charge < -0.3 is 20.5 Å². The van der Waals surface area contributed by atoms with Crippen LogP contribution in [0.2, 0.25) is 0 Å². The Bertz CT molecular complexity index is 728. The maximum atomic E-state index is 12.4. The third-order valence-corrected chi connectivity index (χ3v) is 4.10. The van der Waals surface area contributed by atoms with E-state index in [1.54, 1.807) is 36.6 Å². The summed E-state index contributed by atoms with van der Waals surface area (Å²) in [6, 6.07) is 8.73.